The number of nitrogens with zero attached hydrogens (tertiary/aromatic N) is 4. The van der Waals surface area contributed by atoms with Crippen molar-refractivity contribution in [3.8, 4) is 0 Å². The second-order valence-corrected chi connectivity index (χ2v) is 13.0. The van der Waals surface area contributed by atoms with E-state index in [0.29, 0.717) is 73.1 Å². The van der Waals surface area contributed by atoms with Crippen LogP contribution in [0.2, 0.25) is 10.0 Å². The highest BCUT2D eigenvalue weighted by Crippen LogP contribution is 2.33. The Bertz CT molecular complexity index is 1800. The quantitative estimate of drug-likeness (QED) is 0.171. The zero-order chi connectivity index (χ0) is 30.8. The van der Waals surface area contributed by atoms with E-state index in [4.69, 9.17) is 28.2 Å². The van der Waals surface area contributed by atoms with E-state index >= 15 is 0 Å². The van der Waals surface area contributed by atoms with Gasteiger partial charge in [0.2, 0.25) is 5.91 Å². The molecule has 2 aromatic heterocycles. The molecule has 0 bridgehead atoms. The molecule has 0 saturated carbocycles. The molecule has 230 valence electrons. The molecule has 2 aliphatic rings. The molecule has 1 aliphatic carbocycles. The van der Waals surface area contributed by atoms with Gasteiger partial charge in [-0.25, -0.2) is 4.98 Å². The van der Waals surface area contributed by atoms with Gasteiger partial charge < -0.3 is 10.0 Å². The van der Waals surface area contributed by atoms with E-state index in [1.165, 1.54) is 10.9 Å². The second-order valence-electron chi connectivity index (χ2n) is 12.2. The molecule has 6 rings (SSSR count). The van der Waals surface area contributed by atoms with Crippen LogP contribution < -0.4 is 5.56 Å². The molecule has 0 unspecified atom stereocenters. The maximum absolute atomic E-state index is 12.9. The smallest absolute Gasteiger partial charge is 0.261 e. The van der Waals surface area contributed by atoms with Crippen molar-refractivity contribution in [3.05, 3.63) is 79.9 Å². The van der Waals surface area contributed by atoms with Crippen molar-refractivity contribution in [1.29, 1.82) is 0 Å². The largest absolute Gasteiger partial charge is 0.388 e. The summed E-state index contributed by atoms with van der Waals surface area (Å²) in [6.07, 6.45) is 9.38. The highest BCUT2D eigenvalue weighted by molar-refractivity contribution is 6.36. The number of carbonyl (C=O) groups excluding carboxylic acids is 2. The van der Waals surface area contributed by atoms with Crippen LogP contribution in [0.3, 0.4) is 0 Å². The van der Waals surface area contributed by atoms with Crippen molar-refractivity contribution >= 4 is 56.7 Å². The van der Waals surface area contributed by atoms with E-state index in [0.717, 1.165) is 59.3 Å². The summed E-state index contributed by atoms with van der Waals surface area (Å²) in [6, 6.07) is 10.6. The number of halogens is 2. The Labute approximate surface area is 266 Å². The van der Waals surface area contributed by atoms with Crippen molar-refractivity contribution in [2.45, 2.75) is 82.8 Å². The number of ketones is 1. The van der Waals surface area contributed by atoms with Gasteiger partial charge in [0, 0.05) is 47.6 Å². The Hall–Kier alpha value is -3.33. The lowest BCUT2D eigenvalue weighted by Crippen LogP contribution is -2.49. The summed E-state index contributed by atoms with van der Waals surface area (Å²) in [5.74, 6) is 0.134. The molecule has 1 aliphatic heterocycles. The number of aryl methyl sites for hydroxylation is 1. The van der Waals surface area contributed by atoms with Crippen molar-refractivity contribution in [2.75, 3.05) is 13.1 Å². The lowest BCUT2D eigenvalue weighted by molar-refractivity contribution is -0.136. The van der Waals surface area contributed by atoms with Crippen LogP contribution in [0.4, 0.5) is 0 Å². The number of aromatic nitrogens is 3. The molecule has 0 atom stereocenters. The van der Waals surface area contributed by atoms with Crippen molar-refractivity contribution < 1.29 is 14.7 Å². The normalized spacial score (nSPS) is 16.3. The fourth-order valence-electron chi connectivity index (χ4n) is 6.47. The molecule has 44 heavy (non-hydrogen) atoms. The molecular formula is C34H36Cl2N4O4. The summed E-state index contributed by atoms with van der Waals surface area (Å²) in [7, 11) is 0. The SMILES string of the molecule is O=C(CCCCCC(=O)N1CCC(O)(Cn2cnc3cc(Cl)ccc3c2=O)CC1)c1ccc2c(Cl)c3c(nc2c1)CCCC3. The minimum absolute atomic E-state index is 0.0561. The summed E-state index contributed by atoms with van der Waals surface area (Å²) >= 11 is 12.7. The average Bonchev–Trinajstić information content (AvgIpc) is 3.02. The van der Waals surface area contributed by atoms with E-state index in [9.17, 15) is 19.5 Å². The van der Waals surface area contributed by atoms with Gasteiger partial charge in [-0.1, -0.05) is 41.8 Å². The Morgan fingerprint density at radius 1 is 0.909 bits per heavy atom. The Kier molecular flexibility index (Phi) is 9.03. The molecule has 2 aromatic carbocycles. The van der Waals surface area contributed by atoms with E-state index in [1.807, 2.05) is 18.2 Å². The monoisotopic (exact) mass is 634 g/mol. The van der Waals surface area contributed by atoms with Crippen molar-refractivity contribution in [3.63, 3.8) is 0 Å². The molecule has 10 heteroatoms. The van der Waals surface area contributed by atoms with E-state index in [1.54, 1.807) is 23.1 Å². The van der Waals surface area contributed by atoms with Gasteiger partial charge in [0.25, 0.3) is 5.56 Å². The molecule has 3 heterocycles. The van der Waals surface area contributed by atoms with Gasteiger partial charge in [0.1, 0.15) is 0 Å². The molecule has 4 aromatic rings. The number of Topliss-reactive ketones (excluding diaryl/α,β-unsaturated/α-hetero) is 1. The first-order valence-corrected chi connectivity index (χ1v) is 16.3. The van der Waals surface area contributed by atoms with E-state index in [2.05, 4.69) is 4.98 Å². The molecule has 1 N–H and O–H groups in total. The molecule has 1 amide bonds. The number of benzene rings is 2. The third-order valence-electron chi connectivity index (χ3n) is 9.11. The second kappa shape index (κ2) is 13.0. The highest BCUT2D eigenvalue weighted by Gasteiger charge is 2.34. The minimum Gasteiger partial charge on any atom is -0.388 e. The maximum atomic E-state index is 12.9. The Balaban J connectivity index is 0.948. The van der Waals surface area contributed by atoms with Gasteiger partial charge in [0.15, 0.2) is 5.78 Å². The number of unbranched alkanes of at least 4 members (excludes halogenated alkanes) is 2. The zero-order valence-electron chi connectivity index (χ0n) is 24.7. The van der Waals surface area contributed by atoms with Crippen LogP contribution in [0.15, 0.2) is 47.5 Å². The number of aliphatic hydroxyl groups is 1. The van der Waals surface area contributed by atoms with Gasteiger partial charge in [-0.3, -0.25) is 23.9 Å². The molecule has 1 saturated heterocycles. The number of fused-ring (bicyclic) bond motifs is 3. The lowest BCUT2D eigenvalue weighted by Gasteiger charge is -2.38. The summed E-state index contributed by atoms with van der Waals surface area (Å²) in [5.41, 5.74) is 2.85. The van der Waals surface area contributed by atoms with Crippen LogP contribution >= 0.6 is 23.2 Å². The van der Waals surface area contributed by atoms with Gasteiger partial charge in [-0.2, -0.15) is 0 Å². The Morgan fingerprint density at radius 3 is 2.48 bits per heavy atom. The number of hydrogen-bond acceptors (Lipinski definition) is 6. The number of likely N-dealkylation sites (tertiary alicyclic amines) is 1. The van der Waals surface area contributed by atoms with Gasteiger partial charge in [-0.15, -0.1) is 0 Å². The molecule has 0 radical (unpaired) electrons. The molecule has 0 spiro atoms. The minimum atomic E-state index is -1.09. The van der Waals surface area contributed by atoms with Gasteiger partial charge >= 0.3 is 0 Å². The predicted octanol–water partition coefficient (Wildman–Crippen LogP) is 6.32. The molecular weight excluding hydrogens is 599 g/mol. The third kappa shape index (κ3) is 6.53. The number of pyridine rings is 1. The zero-order valence-corrected chi connectivity index (χ0v) is 26.2. The number of piperidine rings is 1. The first-order chi connectivity index (χ1) is 21.2. The van der Waals surface area contributed by atoms with E-state index < -0.39 is 5.60 Å². The predicted molar refractivity (Wildman–Crippen MR) is 173 cm³/mol. The van der Waals surface area contributed by atoms with Crippen LogP contribution in [0.1, 0.15) is 79.4 Å². The first-order valence-electron chi connectivity index (χ1n) is 15.5. The average molecular weight is 636 g/mol. The Morgan fingerprint density at radius 2 is 1.66 bits per heavy atom. The molecule has 8 nitrogen and oxygen atoms in total. The summed E-state index contributed by atoms with van der Waals surface area (Å²) < 4.78 is 1.44. The summed E-state index contributed by atoms with van der Waals surface area (Å²) in [4.78, 5) is 49.6. The van der Waals surface area contributed by atoms with Crippen LogP contribution in [0, 0.1) is 0 Å². The lowest BCUT2D eigenvalue weighted by atomic mass is 9.91. The number of amides is 1. The fraction of sp³-hybridized carbons (Fsp3) is 0.441. The first kappa shape index (κ1) is 30.7. The van der Waals surface area contributed by atoms with Crippen molar-refractivity contribution in [2.24, 2.45) is 0 Å². The number of carbonyl (C=O) groups is 2. The topological polar surface area (TPSA) is 105 Å². The van der Waals surface area contributed by atoms with Gasteiger partial charge in [0.05, 0.1) is 39.9 Å². The van der Waals surface area contributed by atoms with Crippen LogP contribution in [-0.2, 0) is 24.2 Å². The summed E-state index contributed by atoms with van der Waals surface area (Å²) in [6.45, 7) is 0.987. The van der Waals surface area contributed by atoms with Crippen LogP contribution in [-0.4, -0.2) is 54.9 Å². The van der Waals surface area contributed by atoms with Crippen LogP contribution in [0.25, 0.3) is 21.8 Å². The maximum Gasteiger partial charge on any atom is 0.261 e. The van der Waals surface area contributed by atoms with Gasteiger partial charge in [-0.05, 0) is 81.2 Å². The standard InChI is InChI=1S/C34H36Cl2N4O4/c35-23-11-13-26-28(19-23)37-21-40(33(26)43)20-34(44)14-16-39(17-15-34)31(42)9-3-1-2-8-30(41)22-10-12-25-29(18-22)38-27-7-5-4-6-24(27)32(25)36/h10-13,18-19,21,44H,1-9,14-17,20H2. The van der Waals surface area contributed by atoms with Crippen molar-refractivity contribution in [1.82, 2.24) is 19.4 Å². The number of rotatable bonds is 9. The fourth-order valence-corrected chi connectivity index (χ4v) is 7.00. The van der Waals surface area contributed by atoms with Crippen LogP contribution in [0.5, 0.6) is 0 Å². The number of hydrogen-bond donors (Lipinski definition) is 1. The molecule has 1 fully saturated rings. The highest BCUT2D eigenvalue weighted by atomic mass is 35.5. The third-order valence-corrected chi connectivity index (χ3v) is 9.78. The van der Waals surface area contributed by atoms with E-state index in [-0.39, 0.29) is 23.8 Å². The summed E-state index contributed by atoms with van der Waals surface area (Å²) in [5, 5.41) is 13.8.